The number of hydrogen-bond donors (Lipinski definition) is 1. The van der Waals surface area contributed by atoms with Crippen LogP contribution in [0.15, 0.2) is 73.1 Å². The van der Waals surface area contributed by atoms with E-state index in [0.717, 1.165) is 50.5 Å². The molecule has 1 aromatic heterocycles. The lowest BCUT2D eigenvalue weighted by Gasteiger charge is -2.36. The summed E-state index contributed by atoms with van der Waals surface area (Å²) in [4.78, 5) is 21.4. The van der Waals surface area contributed by atoms with Gasteiger partial charge in [-0.25, -0.2) is 0 Å². The van der Waals surface area contributed by atoms with Crippen LogP contribution in [0.4, 0.5) is 5.69 Å². The van der Waals surface area contributed by atoms with Crippen molar-refractivity contribution in [3.05, 3.63) is 89.7 Å². The van der Waals surface area contributed by atoms with Crippen LogP contribution in [0.25, 0.3) is 0 Å². The Labute approximate surface area is 196 Å². The summed E-state index contributed by atoms with van der Waals surface area (Å²) in [6.07, 6.45) is 4.47. The number of benzene rings is 2. The van der Waals surface area contributed by atoms with Gasteiger partial charge in [0.05, 0.1) is 0 Å². The first-order chi connectivity index (χ1) is 16.2. The average molecular weight is 445 g/mol. The maximum atomic E-state index is 12.4. The van der Waals surface area contributed by atoms with Gasteiger partial charge in [-0.1, -0.05) is 18.2 Å². The van der Waals surface area contributed by atoms with Gasteiger partial charge in [-0.2, -0.15) is 0 Å². The van der Waals surface area contributed by atoms with Gasteiger partial charge in [-0.05, 0) is 67.9 Å². The Morgan fingerprint density at radius 3 is 2.58 bits per heavy atom. The molecule has 1 fully saturated rings. The van der Waals surface area contributed by atoms with Gasteiger partial charge >= 0.3 is 0 Å². The smallest absolute Gasteiger partial charge is 0.251 e. The molecule has 0 aliphatic carbocycles. The zero-order valence-corrected chi connectivity index (χ0v) is 19.2. The zero-order valence-electron chi connectivity index (χ0n) is 19.2. The van der Waals surface area contributed by atoms with Gasteiger partial charge < -0.3 is 15.0 Å². The van der Waals surface area contributed by atoms with E-state index in [-0.39, 0.29) is 5.91 Å². The lowest BCUT2D eigenvalue weighted by molar-refractivity contribution is 0.0951. The molecule has 1 amide bonds. The molecule has 4 rings (SSSR count). The third kappa shape index (κ3) is 6.80. The van der Waals surface area contributed by atoms with Crippen molar-refractivity contribution in [1.29, 1.82) is 0 Å². The molecule has 0 radical (unpaired) electrons. The van der Waals surface area contributed by atoms with Crippen LogP contribution in [0.3, 0.4) is 0 Å². The van der Waals surface area contributed by atoms with E-state index >= 15 is 0 Å². The van der Waals surface area contributed by atoms with Gasteiger partial charge in [0.1, 0.15) is 12.4 Å². The maximum absolute atomic E-state index is 12.4. The number of hydrogen-bond acceptors (Lipinski definition) is 5. The molecule has 33 heavy (non-hydrogen) atoms. The average Bonchev–Trinajstić information content (AvgIpc) is 2.86. The normalized spacial score (nSPS) is 14.2. The highest BCUT2D eigenvalue weighted by Crippen LogP contribution is 2.18. The fourth-order valence-corrected chi connectivity index (χ4v) is 4.01. The van der Waals surface area contributed by atoms with Gasteiger partial charge in [0.15, 0.2) is 0 Å². The summed E-state index contributed by atoms with van der Waals surface area (Å²) in [5.41, 5.74) is 4.28. The topological polar surface area (TPSA) is 57.7 Å². The molecule has 1 aliphatic heterocycles. The van der Waals surface area contributed by atoms with Crippen molar-refractivity contribution in [1.82, 2.24) is 15.2 Å². The highest BCUT2D eigenvalue weighted by Gasteiger charge is 2.17. The van der Waals surface area contributed by atoms with E-state index in [0.29, 0.717) is 18.7 Å². The van der Waals surface area contributed by atoms with Gasteiger partial charge in [-0.15, -0.1) is 0 Å². The molecule has 1 N–H and O–H groups in total. The number of carbonyl (C=O) groups excluding carboxylic acids is 1. The number of aromatic nitrogens is 1. The summed E-state index contributed by atoms with van der Waals surface area (Å²) < 4.78 is 5.75. The van der Waals surface area contributed by atoms with Crippen molar-refractivity contribution in [2.75, 3.05) is 44.2 Å². The number of nitrogens with zero attached hydrogens (tertiary/aromatic N) is 3. The van der Waals surface area contributed by atoms with Crippen LogP contribution in [0.5, 0.6) is 5.75 Å². The molecule has 0 spiro atoms. The number of nitrogens with one attached hydrogen (secondary N) is 1. The van der Waals surface area contributed by atoms with Crippen LogP contribution in [-0.4, -0.2) is 55.1 Å². The van der Waals surface area contributed by atoms with Crippen LogP contribution in [0.2, 0.25) is 0 Å². The minimum absolute atomic E-state index is 0.0434. The van der Waals surface area contributed by atoms with Crippen LogP contribution in [-0.2, 0) is 6.61 Å². The van der Waals surface area contributed by atoms with E-state index in [1.807, 2.05) is 24.3 Å². The highest BCUT2D eigenvalue weighted by molar-refractivity contribution is 5.94. The SMILES string of the molecule is Cc1cccc(N2CCN(CCCNC(=O)c3ccc(OCc4cccnc4)cc3)CC2)c1. The minimum atomic E-state index is -0.0434. The van der Waals surface area contributed by atoms with E-state index in [9.17, 15) is 4.79 Å². The maximum Gasteiger partial charge on any atom is 0.251 e. The van der Waals surface area contributed by atoms with Gasteiger partial charge in [0.25, 0.3) is 5.91 Å². The van der Waals surface area contributed by atoms with Gasteiger partial charge in [0, 0.05) is 61.9 Å². The molecule has 2 heterocycles. The molecule has 1 aliphatic rings. The van der Waals surface area contributed by atoms with Gasteiger partial charge in [-0.3, -0.25) is 14.7 Å². The van der Waals surface area contributed by atoms with E-state index in [4.69, 9.17) is 4.74 Å². The third-order valence-electron chi connectivity index (χ3n) is 5.92. The second-order valence-corrected chi connectivity index (χ2v) is 8.45. The molecule has 6 heteroatoms. The number of carbonyl (C=O) groups is 1. The van der Waals surface area contributed by atoms with Gasteiger partial charge in [0.2, 0.25) is 0 Å². The number of amides is 1. The predicted octanol–water partition coefficient (Wildman–Crippen LogP) is 3.91. The predicted molar refractivity (Wildman–Crippen MR) is 132 cm³/mol. The monoisotopic (exact) mass is 444 g/mol. The Morgan fingerprint density at radius 2 is 1.85 bits per heavy atom. The number of rotatable bonds is 9. The molecule has 172 valence electrons. The first kappa shape index (κ1) is 22.8. The number of aryl methyl sites for hydroxylation is 1. The molecule has 3 aromatic rings. The second-order valence-electron chi connectivity index (χ2n) is 8.45. The number of ether oxygens (including phenoxy) is 1. The standard InChI is InChI=1S/C27H32N4O2/c1-22-5-2-7-25(19-22)31-17-15-30(16-18-31)14-4-13-29-27(32)24-8-10-26(11-9-24)33-21-23-6-3-12-28-20-23/h2-3,5-12,19-20H,4,13-18,21H2,1H3,(H,29,32). The number of pyridine rings is 1. The first-order valence-electron chi connectivity index (χ1n) is 11.6. The molecule has 0 unspecified atom stereocenters. The van der Waals surface area contributed by atoms with Crippen LogP contribution >= 0.6 is 0 Å². The van der Waals surface area contributed by atoms with Crippen molar-refractivity contribution in [2.24, 2.45) is 0 Å². The fraction of sp³-hybridized carbons (Fsp3) is 0.333. The van der Waals surface area contributed by atoms with Crippen molar-refractivity contribution < 1.29 is 9.53 Å². The van der Waals surface area contributed by atoms with E-state index in [1.165, 1.54) is 11.3 Å². The number of anilines is 1. The van der Waals surface area contributed by atoms with Crippen molar-refractivity contribution >= 4 is 11.6 Å². The van der Waals surface area contributed by atoms with Crippen LogP contribution in [0, 0.1) is 6.92 Å². The highest BCUT2D eigenvalue weighted by atomic mass is 16.5. The summed E-state index contributed by atoms with van der Waals surface area (Å²) in [6, 6.07) is 19.8. The Bertz CT molecular complexity index is 1020. The van der Waals surface area contributed by atoms with Crippen LogP contribution < -0.4 is 15.0 Å². The lowest BCUT2D eigenvalue weighted by Crippen LogP contribution is -2.47. The molecule has 6 nitrogen and oxygen atoms in total. The van der Waals surface area contributed by atoms with Crippen molar-refractivity contribution in [2.45, 2.75) is 20.0 Å². The molecule has 0 bridgehead atoms. The lowest BCUT2D eigenvalue weighted by atomic mass is 10.2. The Balaban J connectivity index is 1.13. The van der Waals surface area contributed by atoms with E-state index in [2.05, 4.69) is 51.3 Å². The molecular formula is C27H32N4O2. The van der Waals surface area contributed by atoms with E-state index in [1.54, 1.807) is 24.5 Å². The Kier molecular flexibility index (Phi) is 7.93. The summed E-state index contributed by atoms with van der Waals surface area (Å²) in [5, 5.41) is 3.03. The largest absolute Gasteiger partial charge is 0.489 e. The van der Waals surface area contributed by atoms with Crippen molar-refractivity contribution in [3.8, 4) is 5.75 Å². The summed E-state index contributed by atoms with van der Waals surface area (Å²) >= 11 is 0. The molecular weight excluding hydrogens is 412 g/mol. The zero-order chi connectivity index (χ0) is 22.9. The Morgan fingerprint density at radius 1 is 1.03 bits per heavy atom. The summed E-state index contributed by atoms with van der Waals surface area (Å²) in [6.45, 7) is 8.48. The molecule has 2 aromatic carbocycles. The molecule has 0 atom stereocenters. The fourth-order valence-electron chi connectivity index (χ4n) is 4.01. The first-order valence-corrected chi connectivity index (χ1v) is 11.6. The summed E-state index contributed by atoms with van der Waals surface area (Å²) in [5.74, 6) is 0.693. The summed E-state index contributed by atoms with van der Waals surface area (Å²) in [7, 11) is 0. The third-order valence-corrected chi connectivity index (χ3v) is 5.92. The Hall–Kier alpha value is -3.38. The second kappa shape index (κ2) is 11.5. The number of piperazine rings is 1. The minimum Gasteiger partial charge on any atom is -0.489 e. The molecule has 1 saturated heterocycles. The molecule has 0 saturated carbocycles. The van der Waals surface area contributed by atoms with E-state index < -0.39 is 0 Å². The quantitative estimate of drug-likeness (QED) is 0.507. The van der Waals surface area contributed by atoms with Crippen LogP contribution in [0.1, 0.15) is 27.9 Å². The van der Waals surface area contributed by atoms with Crippen molar-refractivity contribution in [3.63, 3.8) is 0 Å².